The van der Waals surface area contributed by atoms with Crippen molar-refractivity contribution in [3.8, 4) is 11.5 Å². The zero-order chi connectivity index (χ0) is 20.6. The lowest BCUT2D eigenvalue weighted by atomic mass is 10.1. The number of aryl methyl sites for hydroxylation is 1. The number of rotatable bonds is 9. The number of benzene rings is 1. The molecule has 0 bridgehead atoms. The van der Waals surface area contributed by atoms with Gasteiger partial charge in [-0.2, -0.15) is 0 Å². The van der Waals surface area contributed by atoms with Crippen LogP contribution < -0.4 is 10.6 Å². The largest absolute Gasteiger partial charge is 0.444 e. The van der Waals surface area contributed by atoms with Crippen LogP contribution in [0.1, 0.15) is 24.6 Å². The first kappa shape index (κ1) is 21.9. The quantitative estimate of drug-likeness (QED) is 0.375. The lowest BCUT2D eigenvalue weighted by molar-refractivity contribution is 0.461. The molecule has 2 N–H and O–H groups in total. The van der Waals surface area contributed by atoms with Gasteiger partial charge in [-0.25, -0.2) is 17.7 Å². The summed E-state index contributed by atoms with van der Waals surface area (Å²) in [5.74, 6) is 1.32. The molecule has 0 radical (unpaired) electrons. The van der Waals surface area contributed by atoms with Crippen LogP contribution in [0.4, 0.5) is 0 Å². The normalized spacial score (nSPS) is 12.4. The van der Waals surface area contributed by atoms with Gasteiger partial charge >= 0.3 is 0 Å². The first-order valence-electron chi connectivity index (χ1n) is 9.25. The summed E-state index contributed by atoms with van der Waals surface area (Å²) < 4.78 is 30.4. The number of nitrogens with zero attached hydrogens (tertiary/aromatic N) is 3. The third-order valence-electron chi connectivity index (χ3n) is 4.29. The average Bonchev–Trinajstić information content (AvgIpc) is 3.16. The Bertz CT molecular complexity index is 875. The molecule has 0 aliphatic rings. The lowest BCUT2D eigenvalue weighted by Gasteiger charge is -2.16. The van der Waals surface area contributed by atoms with Gasteiger partial charge in [-0.3, -0.25) is 4.99 Å². The summed E-state index contributed by atoms with van der Waals surface area (Å²) in [5.41, 5.74) is 2.89. The summed E-state index contributed by atoms with van der Waals surface area (Å²) in [7, 11) is 0.151. The van der Waals surface area contributed by atoms with E-state index in [1.165, 1.54) is 9.87 Å². The van der Waals surface area contributed by atoms with E-state index < -0.39 is 10.0 Å². The number of guanidine groups is 1. The number of hydrogen-bond acceptors (Lipinski definition) is 5. The van der Waals surface area contributed by atoms with E-state index in [1.807, 2.05) is 31.2 Å². The van der Waals surface area contributed by atoms with Crippen molar-refractivity contribution in [3.05, 3.63) is 41.8 Å². The van der Waals surface area contributed by atoms with Gasteiger partial charge in [-0.1, -0.05) is 17.7 Å². The van der Waals surface area contributed by atoms with Crippen molar-refractivity contribution in [1.82, 2.24) is 19.9 Å². The van der Waals surface area contributed by atoms with Gasteiger partial charge in [0.05, 0.1) is 18.0 Å². The molecule has 0 spiro atoms. The van der Waals surface area contributed by atoms with E-state index in [4.69, 9.17) is 4.42 Å². The molecule has 2 rings (SSSR count). The van der Waals surface area contributed by atoms with Gasteiger partial charge in [0.2, 0.25) is 15.9 Å². The second-order valence-corrected chi connectivity index (χ2v) is 8.80. The maximum atomic E-state index is 11.7. The minimum absolute atomic E-state index is 0.114. The molecule has 0 unspecified atom stereocenters. The van der Waals surface area contributed by atoms with Gasteiger partial charge < -0.3 is 15.1 Å². The summed E-state index contributed by atoms with van der Waals surface area (Å²) in [6.07, 6.45) is 2.30. The second kappa shape index (κ2) is 10.2. The molecule has 0 fully saturated rings. The van der Waals surface area contributed by atoms with Crippen molar-refractivity contribution in [2.45, 2.75) is 26.8 Å². The van der Waals surface area contributed by atoms with Crippen LogP contribution in [0.15, 0.2) is 39.9 Å². The molecule has 154 valence electrons. The zero-order valence-electron chi connectivity index (χ0n) is 16.9. The summed E-state index contributed by atoms with van der Waals surface area (Å²) in [6, 6.07) is 8.00. The number of aliphatic imine (C=N–C) groups is 1. The van der Waals surface area contributed by atoms with E-state index in [0.717, 1.165) is 11.3 Å². The van der Waals surface area contributed by atoms with Crippen LogP contribution in [0.25, 0.3) is 11.5 Å². The Hall–Kier alpha value is -2.39. The van der Waals surface area contributed by atoms with Crippen molar-refractivity contribution < 1.29 is 12.8 Å². The summed E-state index contributed by atoms with van der Waals surface area (Å²) >= 11 is 0. The maximum absolute atomic E-state index is 11.7. The molecular weight excluding hydrogens is 378 g/mol. The Morgan fingerprint density at radius 2 is 1.96 bits per heavy atom. The van der Waals surface area contributed by atoms with E-state index in [-0.39, 0.29) is 5.75 Å². The molecule has 0 aliphatic heterocycles. The van der Waals surface area contributed by atoms with Gasteiger partial charge in [0, 0.05) is 32.7 Å². The highest BCUT2D eigenvalue weighted by Crippen LogP contribution is 2.18. The average molecular weight is 408 g/mol. The van der Waals surface area contributed by atoms with Crippen molar-refractivity contribution in [1.29, 1.82) is 0 Å². The van der Waals surface area contributed by atoms with Crippen LogP contribution in [0.2, 0.25) is 0 Å². The fourth-order valence-electron chi connectivity index (χ4n) is 2.48. The lowest BCUT2D eigenvalue weighted by Crippen LogP contribution is -2.38. The Balaban J connectivity index is 1.77. The predicted molar refractivity (Wildman–Crippen MR) is 112 cm³/mol. The molecule has 0 saturated carbocycles. The molecular formula is C19H29N5O3S. The van der Waals surface area contributed by atoms with Gasteiger partial charge in [0.1, 0.15) is 6.26 Å². The van der Waals surface area contributed by atoms with E-state index in [0.29, 0.717) is 37.9 Å². The van der Waals surface area contributed by atoms with Crippen LogP contribution in [0.5, 0.6) is 0 Å². The standard InChI is InChI=1S/C19H29N5O3S/c1-5-28(25,26)24(4)12-6-11-21-19(20-3)22-13-17-14-27-18(23-17)16-9-7-15(2)8-10-16/h7-10,14H,5-6,11-13H2,1-4H3,(H2,20,21,22). The van der Waals surface area contributed by atoms with Gasteiger partial charge in [0.25, 0.3) is 0 Å². The van der Waals surface area contributed by atoms with Crippen LogP contribution in [0, 0.1) is 6.92 Å². The Morgan fingerprint density at radius 1 is 1.25 bits per heavy atom. The zero-order valence-corrected chi connectivity index (χ0v) is 17.7. The fraction of sp³-hybridized carbons (Fsp3) is 0.474. The number of nitrogens with one attached hydrogen (secondary N) is 2. The van der Waals surface area contributed by atoms with E-state index in [1.54, 1.807) is 27.3 Å². The highest BCUT2D eigenvalue weighted by Gasteiger charge is 2.14. The smallest absolute Gasteiger partial charge is 0.226 e. The third kappa shape index (κ3) is 6.35. The minimum Gasteiger partial charge on any atom is -0.444 e. The molecule has 1 aromatic heterocycles. The summed E-state index contributed by atoms with van der Waals surface area (Å²) in [4.78, 5) is 8.65. The van der Waals surface area contributed by atoms with Crippen LogP contribution in [-0.4, -0.2) is 56.6 Å². The fourth-order valence-corrected chi connectivity index (χ4v) is 3.33. The molecule has 2 aromatic rings. The number of hydrogen-bond donors (Lipinski definition) is 2. The van der Waals surface area contributed by atoms with Gasteiger partial charge in [-0.15, -0.1) is 0 Å². The molecule has 1 aromatic carbocycles. The molecule has 9 heteroatoms. The van der Waals surface area contributed by atoms with Crippen molar-refractivity contribution in [3.63, 3.8) is 0 Å². The molecule has 8 nitrogen and oxygen atoms in total. The van der Waals surface area contributed by atoms with E-state index >= 15 is 0 Å². The highest BCUT2D eigenvalue weighted by atomic mass is 32.2. The van der Waals surface area contributed by atoms with E-state index in [9.17, 15) is 8.42 Å². The monoisotopic (exact) mass is 407 g/mol. The van der Waals surface area contributed by atoms with Crippen LogP contribution >= 0.6 is 0 Å². The van der Waals surface area contributed by atoms with Gasteiger partial charge in [-0.05, 0) is 32.4 Å². The van der Waals surface area contributed by atoms with Crippen molar-refractivity contribution in [2.75, 3.05) is 32.9 Å². The molecule has 28 heavy (non-hydrogen) atoms. The van der Waals surface area contributed by atoms with E-state index in [2.05, 4.69) is 20.6 Å². The Morgan fingerprint density at radius 3 is 2.61 bits per heavy atom. The minimum atomic E-state index is -3.13. The topological polar surface area (TPSA) is 99.8 Å². The van der Waals surface area contributed by atoms with Gasteiger partial charge in [0.15, 0.2) is 5.96 Å². The number of oxazole rings is 1. The van der Waals surface area contributed by atoms with Crippen molar-refractivity contribution >= 4 is 16.0 Å². The third-order valence-corrected chi connectivity index (χ3v) is 6.15. The predicted octanol–water partition coefficient (Wildman–Crippen LogP) is 1.99. The van der Waals surface area contributed by atoms with Crippen LogP contribution in [0.3, 0.4) is 0 Å². The molecule has 0 atom stereocenters. The molecule has 1 heterocycles. The molecule has 0 aliphatic carbocycles. The first-order valence-corrected chi connectivity index (χ1v) is 10.9. The Kier molecular flexibility index (Phi) is 8.01. The highest BCUT2D eigenvalue weighted by molar-refractivity contribution is 7.89. The Labute approximate surface area is 167 Å². The number of sulfonamides is 1. The maximum Gasteiger partial charge on any atom is 0.226 e. The SMILES string of the molecule is CCS(=O)(=O)N(C)CCCNC(=NC)NCc1coc(-c2ccc(C)cc2)n1. The summed E-state index contributed by atoms with van der Waals surface area (Å²) in [6.45, 7) is 5.22. The second-order valence-electron chi connectivity index (χ2n) is 6.44. The van der Waals surface area contributed by atoms with Crippen LogP contribution in [-0.2, 0) is 16.6 Å². The summed E-state index contributed by atoms with van der Waals surface area (Å²) in [5, 5.41) is 6.34. The first-order chi connectivity index (χ1) is 13.4. The molecule has 0 amide bonds. The number of aromatic nitrogens is 1. The van der Waals surface area contributed by atoms with Crippen molar-refractivity contribution in [2.24, 2.45) is 4.99 Å². The molecule has 0 saturated heterocycles.